The van der Waals surface area contributed by atoms with Gasteiger partial charge in [-0.1, -0.05) is 11.6 Å². The molecule has 0 radical (unpaired) electrons. The van der Waals surface area contributed by atoms with Crippen molar-refractivity contribution in [2.24, 2.45) is 0 Å². The minimum absolute atomic E-state index is 0.143. The van der Waals surface area contributed by atoms with Crippen molar-refractivity contribution in [2.45, 2.75) is 0 Å². The fraction of sp³-hybridized carbons (Fsp3) is 0.0769. The highest BCUT2D eigenvalue weighted by molar-refractivity contribution is 6.32. The molecule has 1 aromatic carbocycles. The molecule has 2 rings (SSSR count). The van der Waals surface area contributed by atoms with Crippen molar-refractivity contribution in [3.8, 4) is 5.75 Å². The van der Waals surface area contributed by atoms with Crippen LogP contribution in [0.1, 0.15) is 10.4 Å². The maximum atomic E-state index is 11.1. The average Bonchev–Trinajstić information content (AvgIpc) is 2.41. The molecule has 0 unspecified atom stereocenters. The Hall–Kier alpha value is -2.27. The Labute approximate surface area is 114 Å². The van der Waals surface area contributed by atoms with Crippen molar-refractivity contribution in [1.29, 1.82) is 0 Å². The van der Waals surface area contributed by atoms with Gasteiger partial charge in [0.1, 0.15) is 5.75 Å². The van der Waals surface area contributed by atoms with E-state index < -0.39 is 5.97 Å². The molecular weight excluding hydrogens is 268 g/mol. The first-order valence-corrected chi connectivity index (χ1v) is 5.77. The molecule has 0 saturated heterocycles. The fourth-order valence-electron chi connectivity index (χ4n) is 1.57. The summed E-state index contributed by atoms with van der Waals surface area (Å²) in [5.41, 5.74) is 1.21. The number of halogens is 1. The predicted octanol–water partition coefficient (Wildman–Crippen LogP) is 3.19. The highest BCUT2D eigenvalue weighted by Crippen LogP contribution is 2.29. The van der Waals surface area contributed by atoms with Gasteiger partial charge in [0, 0.05) is 18.0 Å². The minimum atomic E-state index is -1.02. The molecule has 0 atom stereocenters. The van der Waals surface area contributed by atoms with Crippen LogP contribution in [-0.4, -0.2) is 23.2 Å². The van der Waals surface area contributed by atoms with E-state index in [-0.39, 0.29) is 5.56 Å². The zero-order valence-corrected chi connectivity index (χ0v) is 10.8. The molecule has 2 aromatic rings. The summed E-state index contributed by atoms with van der Waals surface area (Å²) in [6.07, 6.45) is 2.88. The van der Waals surface area contributed by atoms with Gasteiger partial charge in [0.25, 0.3) is 0 Å². The maximum Gasteiger partial charge on any atom is 0.337 e. The van der Waals surface area contributed by atoms with Gasteiger partial charge in [0.05, 0.1) is 29.6 Å². The van der Waals surface area contributed by atoms with E-state index in [4.69, 9.17) is 21.4 Å². The Balaban J connectivity index is 2.34. The van der Waals surface area contributed by atoms with Crippen LogP contribution in [0.15, 0.2) is 36.7 Å². The Kier molecular flexibility index (Phi) is 3.87. The average molecular weight is 279 g/mol. The van der Waals surface area contributed by atoms with E-state index in [0.29, 0.717) is 22.1 Å². The van der Waals surface area contributed by atoms with Gasteiger partial charge in [-0.3, -0.25) is 4.98 Å². The number of carboxylic acids is 1. The SMILES string of the molecule is COc1cc(Nc2cnccc2C(=O)O)ccc1Cl. The van der Waals surface area contributed by atoms with Crippen LogP contribution in [0.2, 0.25) is 5.02 Å². The lowest BCUT2D eigenvalue weighted by Gasteiger charge is -2.10. The lowest BCUT2D eigenvalue weighted by Crippen LogP contribution is -2.03. The van der Waals surface area contributed by atoms with E-state index in [0.717, 1.165) is 0 Å². The second-order valence-corrected chi connectivity index (χ2v) is 4.11. The maximum absolute atomic E-state index is 11.1. The molecular formula is C13H11ClN2O3. The Morgan fingerprint density at radius 3 is 2.89 bits per heavy atom. The van der Waals surface area contributed by atoms with Crippen LogP contribution in [0.25, 0.3) is 0 Å². The molecule has 2 N–H and O–H groups in total. The monoisotopic (exact) mass is 278 g/mol. The van der Waals surface area contributed by atoms with Gasteiger partial charge in [0.2, 0.25) is 0 Å². The molecule has 6 heteroatoms. The standard InChI is InChI=1S/C13H11ClN2O3/c1-19-12-6-8(2-3-10(12)14)16-11-7-15-5-4-9(11)13(17)18/h2-7,16H,1H3,(H,17,18). The lowest BCUT2D eigenvalue weighted by molar-refractivity contribution is 0.0698. The summed E-state index contributed by atoms with van der Waals surface area (Å²) >= 11 is 5.92. The molecule has 0 aliphatic carbocycles. The van der Waals surface area contributed by atoms with Crippen molar-refractivity contribution in [1.82, 2.24) is 4.98 Å². The molecule has 5 nitrogen and oxygen atoms in total. The van der Waals surface area contributed by atoms with E-state index in [2.05, 4.69) is 10.3 Å². The number of aromatic nitrogens is 1. The number of rotatable bonds is 4. The number of anilines is 2. The summed E-state index contributed by atoms with van der Waals surface area (Å²) in [5, 5.41) is 12.5. The molecule has 0 bridgehead atoms. The number of ether oxygens (including phenoxy) is 1. The second-order valence-electron chi connectivity index (χ2n) is 3.70. The van der Waals surface area contributed by atoms with E-state index in [9.17, 15) is 4.79 Å². The lowest BCUT2D eigenvalue weighted by atomic mass is 10.2. The third-order valence-corrected chi connectivity index (χ3v) is 2.79. The molecule has 0 amide bonds. The Morgan fingerprint density at radius 1 is 1.42 bits per heavy atom. The van der Waals surface area contributed by atoms with Crippen LogP contribution in [0.3, 0.4) is 0 Å². The number of carbonyl (C=O) groups is 1. The summed E-state index contributed by atoms with van der Waals surface area (Å²) in [4.78, 5) is 15.0. The molecule has 1 aromatic heterocycles. The molecule has 0 fully saturated rings. The number of benzene rings is 1. The Bertz CT molecular complexity index is 617. The van der Waals surface area contributed by atoms with Crippen LogP contribution in [0.5, 0.6) is 5.75 Å². The third kappa shape index (κ3) is 2.95. The van der Waals surface area contributed by atoms with Gasteiger partial charge in [-0.05, 0) is 18.2 Å². The van der Waals surface area contributed by atoms with Gasteiger partial charge < -0.3 is 15.2 Å². The summed E-state index contributed by atoms with van der Waals surface area (Å²) < 4.78 is 5.10. The number of hydrogen-bond donors (Lipinski definition) is 2. The van der Waals surface area contributed by atoms with Crippen LogP contribution >= 0.6 is 11.6 Å². The summed E-state index contributed by atoms with van der Waals surface area (Å²) in [6.45, 7) is 0. The van der Waals surface area contributed by atoms with Gasteiger partial charge in [0.15, 0.2) is 0 Å². The van der Waals surface area contributed by atoms with Crippen molar-refractivity contribution in [3.63, 3.8) is 0 Å². The topological polar surface area (TPSA) is 71.5 Å². The minimum Gasteiger partial charge on any atom is -0.495 e. The number of methoxy groups -OCH3 is 1. The van der Waals surface area contributed by atoms with E-state index >= 15 is 0 Å². The first-order valence-electron chi connectivity index (χ1n) is 5.39. The molecule has 0 spiro atoms. The second kappa shape index (κ2) is 5.58. The van der Waals surface area contributed by atoms with Crippen LogP contribution in [0.4, 0.5) is 11.4 Å². The van der Waals surface area contributed by atoms with Crippen LogP contribution < -0.4 is 10.1 Å². The van der Waals surface area contributed by atoms with E-state index in [1.54, 1.807) is 18.2 Å². The summed E-state index contributed by atoms with van der Waals surface area (Å²) in [6, 6.07) is 6.50. The molecule has 0 aliphatic rings. The highest BCUT2D eigenvalue weighted by atomic mass is 35.5. The Morgan fingerprint density at radius 2 is 2.21 bits per heavy atom. The molecule has 1 heterocycles. The molecule has 0 saturated carbocycles. The predicted molar refractivity (Wildman–Crippen MR) is 72.5 cm³/mol. The van der Waals surface area contributed by atoms with Crippen molar-refractivity contribution in [3.05, 3.63) is 47.2 Å². The van der Waals surface area contributed by atoms with Gasteiger partial charge in [-0.25, -0.2) is 4.79 Å². The van der Waals surface area contributed by atoms with Gasteiger partial charge >= 0.3 is 5.97 Å². The van der Waals surface area contributed by atoms with Gasteiger partial charge in [-0.15, -0.1) is 0 Å². The smallest absolute Gasteiger partial charge is 0.337 e. The van der Waals surface area contributed by atoms with E-state index in [1.807, 2.05) is 0 Å². The molecule has 19 heavy (non-hydrogen) atoms. The quantitative estimate of drug-likeness (QED) is 0.899. The van der Waals surface area contributed by atoms with Crippen LogP contribution in [0, 0.1) is 0 Å². The van der Waals surface area contributed by atoms with Crippen molar-refractivity contribution >= 4 is 28.9 Å². The van der Waals surface area contributed by atoms with Crippen LogP contribution in [-0.2, 0) is 0 Å². The first-order chi connectivity index (χ1) is 9.11. The number of carboxylic acid groups (broad SMARTS) is 1. The number of aromatic carboxylic acids is 1. The highest BCUT2D eigenvalue weighted by Gasteiger charge is 2.10. The normalized spacial score (nSPS) is 10.0. The zero-order valence-electron chi connectivity index (χ0n) is 10.1. The third-order valence-electron chi connectivity index (χ3n) is 2.48. The summed E-state index contributed by atoms with van der Waals surface area (Å²) in [5.74, 6) is -0.515. The molecule has 0 aliphatic heterocycles. The van der Waals surface area contributed by atoms with Crippen molar-refractivity contribution in [2.75, 3.05) is 12.4 Å². The van der Waals surface area contributed by atoms with E-state index in [1.165, 1.54) is 25.6 Å². The van der Waals surface area contributed by atoms with Crippen molar-refractivity contribution < 1.29 is 14.6 Å². The number of nitrogens with zero attached hydrogens (tertiary/aromatic N) is 1. The number of hydrogen-bond acceptors (Lipinski definition) is 4. The summed E-state index contributed by atoms with van der Waals surface area (Å²) in [7, 11) is 1.51. The number of nitrogens with one attached hydrogen (secondary N) is 1. The first kappa shape index (κ1) is 13.2. The number of pyridine rings is 1. The fourth-order valence-corrected chi connectivity index (χ4v) is 1.77. The van der Waals surface area contributed by atoms with Gasteiger partial charge in [-0.2, -0.15) is 0 Å². The zero-order chi connectivity index (χ0) is 13.8. The largest absolute Gasteiger partial charge is 0.495 e. The molecule has 98 valence electrons.